The van der Waals surface area contributed by atoms with Crippen molar-refractivity contribution in [3.05, 3.63) is 29.8 Å². The van der Waals surface area contributed by atoms with Gasteiger partial charge in [0.25, 0.3) is 5.91 Å². The van der Waals surface area contributed by atoms with Crippen molar-refractivity contribution in [2.45, 2.75) is 51.6 Å². The number of benzene rings is 1. The first-order valence-electron chi connectivity index (χ1n) is 9.86. The first-order valence-corrected chi connectivity index (χ1v) is 9.86. The molecule has 1 aliphatic rings. The number of anilines is 1. The van der Waals surface area contributed by atoms with Gasteiger partial charge in [0.2, 0.25) is 5.91 Å². The zero-order valence-electron chi connectivity index (χ0n) is 16.7. The first kappa shape index (κ1) is 21.7. The Kier molecular flexibility index (Phi) is 8.25. The quantitative estimate of drug-likeness (QED) is 0.567. The van der Waals surface area contributed by atoms with Gasteiger partial charge in [-0.15, -0.1) is 0 Å². The standard InChI is InChI=1S/C20H31N5O3/c1-14(2)23-20(28)24-16-8-6-15(7-9-16)19(27)25-12-4-3-5-17(25)13-22-18(26)10-11-21/h6-9,14,17H,3-5,10-13,21H2,1-2H3,(H,22,26)(H2,23,24,28). The molecule has 28 heavy (non-hydrogen) atoms. The molecule has 1 heterocycles. The van der Waals surface area contributed by atoms with E-state index in [9.17, 15) is 14.4 Å². The summed E-state index contributed by atoms with van der Waals surface area (Å²) in [5.74, 6) is -0.147. The van der Waals surface area contributed by atoms with Crippen molar-refractivity contribution in [2.75, 3.05) is 25.0 Å². The van der Waals surface area contributed by atoms with Gasteiger partial charge in [0.1, 0.15) is 0 Å². The Morgan fingerprint density at radius 2 is 1.89 bits per heavy atom. The van der Waals surface area contributed by atoms with Crippen molar-refractivity contribution in [1.29, 1.82) is 0 Å². The molecule has 0 radical (unpaired) electrons. The first-order chi connectivity index (χ1) is 13.4. The van der Waals surface area contributed by atoms with Crippen LogP contribution in [0.2, 0.25) is 0 Å². The van der Waals surface area contributed by atoms with Gasteiger partial charge in [0.15, 0.2) is 0 Å². The van der Waals surface area contributed by atoms with Gasteiger partial charge in [0, 0.05) is 49.4 Å². The summed E-state index contributed by atoms with van der Waals surface area (Å²) >= 11 is 0. The highest BCUT2D eigenvalue weighted by Gasteiger charge is 2.27. The van der Waals surface area contributed by atoms with Crippen LogP contribution in [-0.4, -0.2) is 54.5 Å². The van der Waals surface area contributed by atoms with E-state index in [1.54, 1.807) is 24.3 Å². The highest BCUT2D eigenvalue weighted by molar-refractivity contribution is 5.96. The van der Waals surface area contributed by atoms with Crippen LogP contribution in [0.15, 0.2) is 24.3 Å². The molecule has 4 amide bonds. The summed E-state index contributed by atoms with van der Waals surface area (Å²) in [4.78, 5) is 38.2. The lowest BCUT2D eigenvalue weighted by atomic mass is 10.0. The van der Waals surface area contributed by atoms with Crippen molar-refractivity contribution in [3.8, 4) is 0 Å². The normalized spacial score (nSPS) is 16.6. The monoisotopic (exact) mass is 389 g/mol. The molecule has 1 unspecified atom stereocenters. The van der Waals surface area contributed by atoms with Crippen LogP contribution in [0.25, 0.3) is 0 Å². The van der Waals surface area contributed by atoms with Crippen LogP contribution in [0.3, 0.4) is 0 Å². The molecule has 1 aromatic carbocycles. The number of likely N-dealkylation sites (tertiary alicyclic amines) is 1. The summed E-state index contributed by atoms with van der Waals surface area (Å²) in [5, 5.41) is 8.36. The second kappa shape index (κ2) is 10.7. The molecule has 2 rings (SSSR count). The number of carbonyl (C=O) groups excluding carboxylic acids is 3. The molecule has 1 aromatic rings. The van der Waals surface area contributed by atoms with Gasteiger partial charge >= 0.3 is 6.03 Å². The highest BCUT2D eigenvalue weighted by atomic mass is 16.2. The number of nitrogens with two attached hydrogens (primary N) is 1. The average Bonchev–Trinajstić information content (AvgIpc) is 2.66. The summed E-state index contributed by atoms with van der Waals surface area (Å²) < 4.78 is 0. The molecule has 0 bridgehead atoms. The molecule has 0 saturated carbocycles. The van der Waals surface area contributed by atoms with Crippen molar-refractivity contribution in [3.63, 3.8) is 0 Å². The van der Waals surface area contributed by atoms with Crippen molar-refractivity contribution in [1.82, 2.24) is 15.5 Å². The largest absolute Gasteiger partial charge is 0.354 e. The molecule has 0 aliphatic carbocycles. The summed E-state index contributed by atoms with van der Waals surface area (Å²) in [6, 6.07) is 6.61. The van der Waals surface area contributed by atoms with Gasteiger partial charge in [-0.25, -0.2) is 4.79 Å². The molecule has 0 spiro atoms. The fourth-order valence-corrected chi connectivity index (χ4v) is 3.22. The number of rotatable bonds is 7. The summed E-state index contributed by atoms with van der Waals surface area (Å²) in [7, 11) is 0. The molecule has 1 aliphatic heterocycles. The lowest BCUT2D eigenvalue weighted by Gasteiger charge is -2.36. The lowest BCUT2D eigenvalue weighted by Crippen LogP contribution is -2.49. The summed E-state index contributed by atoms with van der Waals surface area (Å²) in [5.41, 5.74) is 6.59. The maximum atomic E-state index is 13.0. The van der Waals surface area contributed by atoms with Crippen LogP contribution in [0, 0.1) is 0 Å². The van der Waals surface area contributed by atoms with E-state index in [0.717, 1.165) is 19.3 Å². The SMILES string of the molecule is CC(C)NC(=O)Nc1ccc(C(=O)N2CCCCC2CNC(=O)CCN)cc1. The van der Waals surface area contributed by atoms with Gasteiger partial charge in [-0.1, -0.05) is 0 Å². The van der Waals surface area contributed by atoms with Crippen LogP contribution in [0.1, 0.15) is 49.9 Å². The zero-order chi connectivity index (χ0) is 20.5. The Labute approximate surface area is 166 Å². The van der Waals surface area contributed by atoms with Crippen molar-refractivity contribution in [2.24, 2.45) is 5.73 Å². The topological polar surface area (TPSA) is 117 Å². The number of piperidine rings is 1. The predicted molar refractivity (Wildman–Crippen MR) is 109 cm³/mol. The highest BCUT2D eigenvalue weighted by Crippen LogP contribution is 2.20. The third kappa shape index (κ3) is 6.53. The molecule has 5 N–H and O–H groups in total. The van der Waals surface area contributed by atoms with Gasteiger partial charge < -0.3 is 26.6 Å². The van der Waals surface area contributed by atoms with E-state index < -0.39 is 0 Å². The van der Waals surface area contributed by atoms with E-state index in [4.69, 9.17) is 5.73 Å². The molecule has 1 saturated heterocycles. The molecular formula is C20H31N5O3. The summed E-state index contributed by atoms with van der Waals surface area (Å²) in [6.45, 7) is 5.20. The molecule has 8 heteroatoms. The number of hydrogen-bond donors (Lipinski definition) is 4. The van der Waals surface area contributed by atoms with Crippen LogP contribution in [0.4, 0.5) is 10.5 Å². The second-order valence-corrected chi connectivity index (χ2v) is 7.32. The Balaban J connectivity index is 1.98. The molecule has 1 atom stereocenters. The second-order valence-electron chi connectivity index (χ2n) is 7.32. The molecule has 8 nitrogen and oxygen atoms in total. The number of hydrogen-bond acceptors (Lipinski definition) is 4. The van der Waals surface area contributed by atoms with Crippen molar-refractivity contribution < 1.29 is 14.4 Å². The minimum Gasteiger partial charge on any atom is -0.354 e. The van der Waals surface area contributed by atoms with E-state index in [0.29, 0.717) is 37.3 Å². The fourth-order valence-electron chi connectivity index (χ4n) is 3.22. The van der Waals surface area contributed by atoms with E-state index in [-0.39, 0.29) is 29.9 Å². The number of amides is 4. The van der Waals surface area contributed by atoms with E-state index in [1.807, 2.05) is 18.7 Å². The average molecular weight is 390 g/mol. The number of urea groups is 1. The van der Waals surface area contributed by atoms with Gasteiger partial charge in [-0.2, -0.15) is 0 Å². The van der Waals surface area contributed by atoms with Crippen LogP contribution in [0.5, 0.6) is 0 Å². The Bertz CT molecular complexity index is 675. The molecule has 1 fully saturated rings. The maximum absolute atomic E-state index is 13.0. The Morgan fingerprint density at radius 3 is 2.54 bits per heavy atom. The van der Waals surface area contributed by atoms with Crippen LogP contribution < -0.4 is 21.7 Å². The third-order valence-electron chi connectivity index (χ3n) is 4.60. The van der Waals surface area contributed by atoms with E-state index in [1.165, 1.54) is 0 Å². The zero-order valence-corrected chi connectivity index (χ0v) is 16.7. The molecule has 0 aromatic heterocycles. The number of nitrogens with one attached hydrogen (secondary N) is 3. The Hall–Kier alpha value is -2.61. The Morgan fingerprint density at radius 1 is 1.18 bits per heavy atom. The van der Waals surface area contributed by atoms with Gasteiger partial charge in [-0.05, 0) is 57.4 Å². The van der Waals surface area contributed by atoms with Crippen LogP contribution in [-0.2, 0) is 4.79 Å². The predicted octanol–water partition coefficient (Wildman–Crippen LogP) is 1.68. The van der Waals surface area contributed by atoms with E-state index in [2.05, 4.69) is 16.0 Å². The van der Waals surface area contributed by atoms with E-state index >= 15 is 0 Å². The maximum Gasteiger partial charge on any atom is 0.319 e. The minimum atomic E-state index is -0.279. The third-order valence-corrected chi connectivity index (χ3v) is 4.60. The van der Waals surface area contributed by atoms with Crippen molar-refractivity contribution >= 4 is 23.5 Å². The fraction of sp³-hybridized carbons (Fsp3) is 0.550. The molecule has 154 valence electrons. The minimum absolute atomic E-state index is 0.0161. The van der Waals surface area contributed by atoms with Gasteiger partial charge in [0.05, 0.1) is 0 Å². The number of carbonyl (C=O) groups is 3. The van der Waals surface area contributed by atoms with Crippen LogP contribution >= 0.6 is 0 Å². The molecular weight excluding hydrogens is 358 g/mol. The lowest BCUT2D eigenvalue weighted by molar-refractivity contribution is -0.121. The smallest absolute Gasteiger partial charge is 0.319 e. The summed E-state index contributed by atoms with van der Waals surface area (Å²) in [6.07, 6.45) is 3.15. The van der Waals surface area contributed by atoms with Gasteiger partial charge in [-0.3, -0.25) is 9.59 Å². The number of nitrogens with zero attached hydrogens (tertiary/aromatic N) is 1.